The van der Waals surface area contributed by atoms with E-state index in [9.17, 15) is 9.18 Å². The molecule has 2 N–H and O–H groups in total. The highest BCUT2D eigenvalue weighted by Crippen LogP contribution is 2.37. The number of methoxy groups -OCH3 is 1. The van der Waals surface area contributed by atoms with E-state index in [4.69, 9.17) is 14.8 Å². The Morgan fingerprint density at radius 2 is 1.83 bits per heavy atom. The number of aryl methyl sites for hydroxylation is 1. The first-order valence-electron chi connectivity index (χ1n) is 11.2. The molecule has 8 heteroatoms. The van der Waals surface area contributed by atoms with Crippen LogP contribution in [-0.4, -0.2) is 27.8 Å². The lowest BCUT2D eigenvalue weighted by Crippen LogP contribution is -2.31. The van der Waals surface area contributed by atoms with Crippen LogP contribution in [0.5, 0.6) is 5.75 Å². The summed E-state index contributed by atoms with van der Waals surface area (Å²) in [4.78, 5) is 18.3. The first-order chi connectivity index (χ1) is 16.9. The first-order valence-corrected chi connectivity index (χ1v) is 11.2. The van der Waals surface area contributed by atoms with Gasteiger partial charge in [0.25, 0.3) is 5.91 Å². The Bertz CT molecular complexity index is 1440. The molecule has 1 atom stereocenters. The van der Waals surface area contributed by atoms with Crippen LogP contribution in [0.4, 0.5) is 16.0 Å². The van der Waals surface area contributed by atoms with E-state index < -0.39 is 6.04 Å². The van der Waals surface area contributed by atoms with Gasteiger partial charge in [-0.05, 0) is 49.7 Å². The van der Waals surface area contributed by atoms with Crippen molar-refractivity contribution in [1.82, 2.24) is 14.8 Å². The number of nitrogens with zero attached hydrogens (tertiary/aromatic N) is 3. The molecule has 1 aliphatic heterocycles. The predicted octanol–water partition coefficient (Wildman–Crippen LogP) is 5.33. The number of benzene rings is 3. The molecule has 1 aromatic heterocycles. The maximum Gasteiger partial charge on any atom is 0.255 e. The fraction of sp³-hybridized carbons (Fsp3) is 0.148. The third-order valence-electron chi connectivity index (χ3n) is 5.91. The van der Waals surface area contributed by atoms with Gasteiger partial charge in [0.1, 0.15) is 17.6 Å². The van der Waals surface area contributed by atoms with Gasteiger partial charge in [-0.25, -0.2) is 9.07 Å². The summed E-state index contributed by atoms with van der Waals surface area (Å²) in [6.07, 6.45) is 0. The maximum atomic E-state index is 13.8. The molecule has 0 saturated heterocycles. The SMILES string of the molecule is COc1ccccc1NC(=O)C1=C(C)Nc2nc(-c3cccc(C)c3)nn2C1c1ccc(F)cc1. The minimum atomic E-state index is -0.618. The number of hydrogen-bond acceptors (Lipinski definition) is 5. The van der Waals surface area contributed by atoms with Gasteiger partial charge in [0.05, 0.1) is 18.4 Å². The molecule has 1 unspecified atom stereocenters. The minimum Gasteiger partial charge on any atom is -0.495 e. The Kier molecular flexibility index (Phi) is 5.78. The Morgan fingerprint density at radius 1 is 1.06 bits per heavy atom. The highest BCUT2D eigenvalue weighted by molar-refractivity contribution is 6.06. The monoisotopic (exact) mass is 469 g/mol. The van der Waals surface area contributed by atoms with Gasteiger partial charge in [-0.3, -0.25) is 4.79 Å². The standard InChI is InChI=1S/C27H24FN5O2/c1-16-7-6-8-19(15-16)25-31-27-29-17(2)23(26(34)30-21-9-4-5-10-22(21)35-3)24(33(27)32-25)18-11-13-20(28)14-12-18/h4-15,24H,1-3H3,(H,30,34)(H,29,31,32). The highest BCUT2D eigenvalue weighted by atomic mass is 19.1. The molecule has 0 saturated carbocycles. The van der Waals surface area contributed by atoms with E-state index in [-0.39, 0.29) is 11.7 Å². The van der Waals surface area contributed by atoms with Gasteiger partial charge < -0.3 is 15.4 Å². The molecule has 3 aromatic carbocycles. The number of ether oxygens (including phenoxy) is 1. The van der Waals surface area contributed by atoms with Crippen molar-refractivity contribution in [3.8, 4) is 17.1 Å². The molecule has 0 radical (unpaired) electrons. The third-order valence-corrected chi connectivity index (χ3v) is 5.91. The van der Waals surface area contributed by atoms with Crippen molar-refractivity contribution in [2.45, 2.75) is 19.9 Å². The Balaban J connectivity index is 1.60. The predicted molar refractivity (Wildman–Crippen MR) is 133 cm³/mol. The Hall–Kier alpha value is -4.46. The summed E-state index contributed by atoms with van der Waals surface area (Å²) in [6, 6.07) is 20.5. The number of allylic oxidation sites excluding steroid dienone is 1. The molecule has 2 heterocycles. The molecule has 5 rings (SSSR count). The highest BCUT2D eigenvalue weighted by Gasteiger charge is 2.34. The zero-order valence-electron chi connectivity index (χ0n) is 19.5. The van der Waals surface area contributed by atoms with Crippen LogP contribution in [0.2, 0.25) is 0 Å². The first kappa shape index (κ1) is 22.3. The minimum absolute atomic E-state index is 0.327. The third kappa shape index (κ3) is 4.26. The number of carbonyl (C=O) groups is 1. The number of para-hydroxylation sites is 2. The normalized spacial score (nSPS) is 14.8. The summed E-state index contributed by atoms with van der Waals surface area (Å²) in [6.45, 7) is 3.82. The van der Waals surface area contributed by atoms with Crippen LogP contribution >= 0.6 is 0 Å². The van der Waals surface area contributed by atoms with Crippen molar-refractivity contribution < 1.29 is 13.9 Å². The summed E-state index contributed by atoms with van der Waals surface area (Å²) in [5.74, 6) is 0.892. The number of halogens is 1. The van der Waals surface area contributed by atoms with Gasteiger partial charge >= 0.3 is 0 Å². The maximum absolute atomic E-state index is 13.8. The average molecular weight is 470 g/mol. The van der Waals surface area contributed by atoms with Crippen LogP contribution in [0.25, 0.3) is 11.4 Å². The largest absolute Gasteiger partial charge is 0.495 e. The number of fused-ring (bicyclic) bond motifs is 1. The van der Waals surface area contributed by atoms with Crippen molar-refractivity contribution >= 4 is 17.5 Å². The lowest BCUT2D eigenvalue weighted by molar-refractivity contribution is -0.113. The zero-order valence-corrected chi connectivity index (χ0v) is 19.5. The molecule has 0 spiro atoms. The topological polar surface area (TPSA) is 81.1 Å². The quantitative estimate of drug-likeness (QED) is 0.413. The molecule has 1 aliphatic rings. The molecule has 4 aromatic rings. The Morgan fingerprint density at radius 3 is 2.57 bits per heavy atom. The molecule has 7 nitrogen and oxygen atoms in total. The van der Waals surface area contributed by atoms with Crippen LogP contribution in [0.1, 0.15) is 24.1 Å². The number of anilines is 2. The van der Waals surface area contributed by atoms with Crippen molar-refractivity contribution in [2.24, 2.45) is 0 Å². The van der Waals surface area contributed by atoms with Gasteiger partial charge in [0.2, 0.25) is 5.95 Å². The van der Waals surface area contributed by atoms with Gasteiger partial charge in [-0.1, -0.05) is 48.0 Å². The number of carbonyl (C=O) groups excluding carboxylic acids is 1. The molecule has 176 valence electrons. The van der Waals surface area contributed by atoms with Crippen LogP contribution in [-0.2, 0) is 4.79 Å². The summed E-state index contributed by atoms with van der Waals surface area (Å²) in [5.41, 5.74) is 4.27. The van der Waals surface area contributed by atoms with Gasteiger partial charge in [0.15, 0.2) is 5.82 Å². The lowest BCUT2D eigenvalue weighted by atomic mass is 9.95. The van der Waals surface area contributed by atoms with Crippen molar-refractivity contribution in [2.75, 3.05) is 17.7 Å². The molecule has 35 heavy (non-hydrogen) atoms. The van der Waals surface area contributed by atoms with E-state index in [0.29, 0.717) is 40.0 Å². The molecule has 1 amide bonds. The van der Waals surface area contributed by atoms with Crippen LogP contribution in [0.15, 0.2) is 84.1 Å². The fourth-order valence-electron chi connectivity index (χ4n) is 4.24. The molecular formula is C27H24FN5O2. The number of amides is 1. The summed E-state index contributed by atoms with van der Waals surface area (Å²) >= 11 is 0. The molecular weight excluding hydrogens is 445 g/mol. The molecule has 0 fully saturated rings. The molecule has 0 bridgehead atoms. The number of aromatic nitrogens is 3. The van der Waals surface area contributed by atoms with E-state index >= 15 is 0 Å². The average Bonchev–Trinajstić information content (AvgIpc) is 3.28. The van der Waals surface area contributed by atoms with E-state index in [2.05, 4.69) is 10.6 Å². The van der Waals surface area contributed by atoms with Crippen molar-refractivity contribution in [3.63, 3.8) is 0 Å². The van der Waals surface area contributed by atoms with Crippen LogP contribution in [0.3, 0.4) is 0 Å². The van der Waals surface area contributed by atoms with E-state index in [1.54, 1.807) is 36.1 Å². The van der Waals surface area contributed by atoms with Crippen LogP contribution in [0, 0.1) is 12.7 Å². The smallest absolute Gasteiger partial charge is 0.255 e. The summed E-state index contributed by atoms with van der Waals surface area (Å²) in [5, 5.41) is 10.9. The number of nitrogens with one attached hydrogen (secondary N) is 2. The summed E-state index contributed by atoms with van der Waals surface area (Å²) in [7, 11) is 1.55. The van der Waals surface area contributed by atoms with Gasteiger partial charge in [0, 0.05) is 11.3 Å². The summed E-state index contributed by atoms with van der Waals surface area (Å²) < 4.78 is 20.8. The van der Waals surface area contributed by atoms with Crippen molar-refractivity contribution in [1.29, 1.82) is 0 Å². The zero-order chi connectivity index (χ0) is 24.5. The van der Waals surface area contributed by atoms with E-state index in [0.717, 1.165) is 11.1 Å². The Labute approximate surface area is 202 Å². The van der Waals surface area contributed by atoms with Crippen LogP contribution < -0.4 is 15.4 Å². The molecule has 0 aliphatic carbocycles. The lowest BCUT2D eigenvalue weighted by Gasteiger charge is -2.28. The van der Waals surface area contributed by atoms with E-state index in [1.165, 1.54) is 12.1 Å². The van der Waals surface area contributed by atoms with Gasteiger partial charge in [-0.2, -0.15) is 4.98 Å². The fourth-order valence-corrected chi connectivity index (χ4v) is 4.24. The number of hydrogen-bond donors (Lipinski definition) is 2. The second kappa shape index (κ2) is 9.06. The van der Waals surface area contributed by atoms with E-state index in [1.807, 2.05) is 50.2 Å². The van der Waals surface area contributed by atoms with Gasteiger partial charge in [-0.15, -0.1) is 5.10 Å². The second-order valence-corrected chi connectivity index (χ2v) is 8.35. The number of rotatable bonds is 5. The second-order valence-electron chi connectivity index (χ2n) is 8.35. The van der Waals surface area contributed by atoms with Crippen molar-refractivity contribution in [3.05, 3.63) is 101 Å².